The van der Waals surface area contributed by atoms with Gasteiger partial charge in [0, 0.05) is 11.5 Å². The van der Waals surface area contributed by atoms with Gasteiger partial charge in [-0.2, -0.15) is 0 Å². The number of rotatable bonds is 9. The summed E-state index contributed by atoms with van der Waals surface area (Å²) in [6.07, 6.45) is 6.83. The molecular formula is C28H38N2O6. The van der Waals surface area contributed by atoms with Crippen LogP contribution in [0, 0.1) is 5.92 Å². The van der Waals surface area contributed by atoms with Crippen molar-refractivity contribution in [2.45, 2.75) is 69.4 Å². The molecule has 3 fully saturated rings. The van der Waals surface area contributed by atoms with E-state index in [-0.39, 0.29) is 54.7 Å². The third kappa shape index (κ3) is 6.40. The van der Waals surface area contributed by atoms with Crippen LogP contribution in [0.4, 0.5) is 0 Å². The number of hydrogen-bond acceptors (Lipinski definition) is 8. The number of hydrogen-bond donors (Lipinski definition) is 0. The van der Waals surface area contributed by atoms with Gasteiger partial charge in [0.1, 0.15) is 18.7 Å². The van der Waals surface area contributed by atoms with Crippen LogP contribution in [0.3, 0.4) is 0 Å². The molecule has 36 heavy (non-hydrogen) atoms. The first-order valence-corrected chi connectivity index (χ1v) is 13.2. The van der Waals surface area contributed by atoms with Crippen molar-refractivity contribution in [3.8, 4) is 0 Å². The van der Waals surface area contributed by atoms with Gasteiger partial charge in [-0.1, -0.05) is 24.3 Å². The molecule has 0 radical (unpaired) electrons. The molecule has 3 aliphatic rings. The number of Topliss-reactive ketones (excluding diaryl/α,β-unsaturated/α-hetero) is 2. The molecule has 196 valence electrons. The first-order valence-electron chi connectivity index (χ1n) is 13.2. The standard InChI is InChI=1S/C28H38N2O6/c1-29-15-3-5-23(29)27(33)35-17-25(31)21-11-7-19(8-12-21)20-9-13-22(14-10-20)26(32)18-36-28(34)24-6-4-16-30(24)2/h7-8,11-12,20,22-24H,3-6,9-10,13-18H2,1-2H3/t20?,22?,23-,24+/m1/s1. The van der Waals surface area contributed by atoms with E-state index in [1.807, 2.05) is 36.0 Å². The molecule has 8 nitrogen and oxygen atoms in total. The van der Waals surface area contributed by atoms with Crippen LogP contribution >= 0.6 is 0 Å². The van der Waals surface area contributed by atoms with Crippen molar-refractivity contribution in [1.82, 2.24) is 9.80 Å². The van der Waals surface area contributed by atoms with Gasteiger partial charge in [-0.3, -0.25) is 29.0 Å². The van der Waals surface area contributed by atoms with E-state index in [4.69, 9.17) is 9.47 Å². The Balaban J connectivity index is 1.19. The zero-order chi connectivity index (χ0) is 25.7. The molecule has 0 unspecified atom stereocenters. The monoisotopic (exact) mass is 498 g/mol. The third-order valence-corrected chi connectivity index (χ3v) is 8.17. The Morgan fingerprint density at radius 2 is 1.28 bits per heavy atom. The molecule has 8 heteroatoms. The molecule has 0 spiro atoms. The van der Waals surface area contributed by atoms with Crippen molar-refractivity contribution >= 4 is 23.5 Å². The van der Waals surface area contributed by atoms with Gasteiger partial charge in [0.05, 0.1) is 0 Å². The topological polar surface area (TPSA) is 93.2 Å². The van der Waals surface area contributed by atoms with Crippen LogP contribution in [0.1, 0.15) is 73.2 Å². The maximum Gasteiger partial charge on any atom is 0.323 e. The second-order valence-electron chi connectivity index (χ2n) is 10.6. The Labute approximate surface area is 213 Å². The molecule has 0 bridgehead atoms. The highest BCUT2D eigenvalue weighted by Crippen LogP contribution is 2.36. The fraction of sp³-hybridized carbons (Fsp3) is 0.643. The molecule has 2 aliphatic heterocycles. The quantitative estimate of drug-likeness (QED) is 0.379. The summed E-state index contributed by atoms with van der Waals surface area (Å²) in [6.45, 7) is 1.39. The lowest BCUT2D eigenvalue weighted by atomic mass is 9.77. The molecule has 0 N–H and O–H groups in total. The third-order valence-electron chi connectivity index (χ3n) is 8.17. The van der Waals surface area contributed by atoms with Crippen molar-refractivity contribution in [2.75, 3.05) is 40.4 Å². The lowest BCUT2D eigenvalue weighted by Crippen LogP contribution is -2.36. The largest absolute Gasteiger partial charge is 0.457 e. The summed E-state index contributed by atoms with van der Waals surface area (Å²) in [6, 6.07) is 7.06. The van der Waals surface area contributed by atoms with E-state index in [9.17, 15) is 19.2 Å². The zero-order valence-corrected chi connectivity index (χ0v) is 21.4. The fourth-order valence-corrected chi connectivity index (χ4v) is 5.78. The molecule has 4 rings (SSSR count). The van der Waals surface area contributed by atoms with Gasteiger partial charge < -0.3 is 9.47 Å². The Hall–Kier alpha value is -2.58. The first kappa shape index (κ1) is 26.5. The minimum Gasteiger partial charge on any atom is -0.457 e. The van der Waals surface area contributed by atoms with Gasteiger partial charge in [-0.15, -0.1) is 0 Å². The predicted octanol–water partition coefficient (Wildman–Crippen LogP) is 2.99. The second-order valence-corrected chi connectivity index (χ2v) is 10.6. The highest BCUT2D eigenvalue weighted by Gasteiger charge is 2.32. The molecule has 1 saturated carbocycles. The zero-order valence-electron chi connectivity index (χ0n) is 21.4. The minimum absolute atomic E-state index is 0.0155. The lowest BCUT2D eigenvalue weighted by Gasteiger charge is -2.28. The normalized spacial score (nSPS) is 27.1. The molecule has 1 aromatic carbocycles. The number of esters is 2. The Kier molecular flexibility index (Phi) is 8.90. The molecule has 2 saturated heterocycles. The van der Waals surface area contributed by atoms with Gasteiger partial charge in [0.15, 0.2) is 18.2 Å². The van der Waals surface area contributed by atoms with Crippen molar-refractivity contribution in [3.63, 3.8) is 0 Å². The predicted molar refractivity (Wildman–Crippen MR) is 134 cm³/mol. The second kappa shape index (κ2) is 12.1. The summed E-state index contributed by atoms with van der Waals surface area (Å²) in [5, 5.41) is 0. The van der Waals surface area contributed by atoms with Crippen LogP contribution in [-0.2, 0) is 23.9 Å². The number of benzene rings is 1. The Morgan fingerprint density at radius 1 is 0.750 bits per heavy atom. The summed E-state index contributed by atoms with van der Waals surface area (Å²) in [5.74, 6) is -0.530. The van der Waals surface area contributed by atoms with Crippen molar-refractivity contribution in [3.05, 3.63) is 35.4 Å². The fourth-order valence-electron chi connectivity index (χ4n) is 5.78. The van der Waals surface area contributed by atoms with Gasteiger partial charge in [0.25, 0.3) is 0 Å². The van der Waals surface area contributed by atoms with Crippen LogP contribution < -0.4 is 0 Å². The van der Waals surface area contributed by atoms with Crippen LogP contribution in [0.25, 0.3) is 0 Å². The van der Waals surface area contributed by atoms with Crippen LogP contribution in [0.5, 0.6) is 0 Å². The lowest BCUT2D eigenvalue weighted by molar-refractivity contribution is -0.153. The van der Waals surface area contributed by atoms with Gasteiger partial charge in [-0.05, 0) is 90.0 Å². The molecular weight excluding hydrogens is 460 g/mol. The first-order chi connectivity index (χ1) is 17.3. The highest BCUT2D eigenvalue weighted by atomic mass is 16.5. The maximum atomic E-state index is 12.6. The molecule has 1 aromatic rings. The van der Waals surface area contributed by atoms with Crippen LogP contribution in [0.15, 0.2) is 24.3 Å². The Morgan fingerprint density at radius 3 is 1.78 bits per heavy atom. The van der Waals surface area contributed by atoms with Gasteiger partial charge >= 0.3 is 11.9 Å². The summed E-state index contributed by atoms with van der Waals surface area (Å²) in [7, 11) is 3.81. The number of ether oxygens (including phenoxy) is 2. The van der Waals surface area contributed by atoms with Crippen LogP contribution in [-0.4, -0.2) is 85.8 Å². The minimum atomic E-state index is -0.327. The van der Waals surface area contributed by atoms with E-state index in [1.165, 1.54) is 0 Å². The number of nitrogens with zero attached hydrogens (tertiary/aromatic N) is 2. The van der Waals surface area contributed by atoms with E-state index in [0.717, 1.165) is 70.0 Å². The number of ketones is 2. The van der Waals surface area contributed by atoms with E-state index in [2.05, 4.69) is 0 Å². The van der Waals surface area contributed by atoms with Crippen molar-refractivity contribution in [2.24, 2.45) is 5.92 Å². The summed E-state index contributed by atoms with van der Waals surface area (Å²) >= 11 is 0. The molecule has 2 heterocycles. The molecule has 0 aromatic heterocycles. The smallest absolute Gasteiger partial charge is 0.323 e. The average Bonchev–Trinajstić information content (AvgIpc) is 3.53. The van der Waals surface area contributed by atoms with E-state index in [1.54, 1.807) is 12.1 Å². The van der Waals surface area contributed by atoms with E-state index < -0.39 is 0 Å². The number of carbonyl (C=O) groups is 4. The molecule has 1 aliphatic carbocycles. The SMILES string of the molecule is CN1CCC[C@@H]1C(=O)OCC(=O)c1ccc(C2CCC(C(=O)COC(=O)[C@@H]3CCCN3C)CC2)cc1. The van der Waals surface area contributed by atoms with E-state index >= 15 is 0 Å². The highest BCUT2D eigenvalue weighted by molar-refractivity contribution is 5.98. The van der Waals surface area contributed by atoms with Crippen molar-refractivity contribution < 1.29 is 28.7 Å². The number of carbonyl (C=O) groups excluding carboxylic acids is 4. The summed E-state index contributed by atoms with van der Waals surface area (Å²) in [5.41, 5.74) is 1.68. The summed E-state index contributed by atoms with van der Waals surface area (Å²) in [4.78, 5) is 53.5. The average molecular weight is 499 g/mol. The van der Waals surface area contributed by atoms with Crippen molar-refractivity contribution in [1.29, 1.82) is 0 Å². The van der Waals surface area contributed by atoms with Crippen LogP contribution in [0.2, 0.25) is 0 Å². The molecule has 0 amide bonds. The number of likely N-dealkylation sites (tertiary alicyclic amines) is 2. The Bertz CT molecular complexity index is 953. The summed E-state index contributed by atoms with van der Waals surface area (Å²) < 4.78 is 10.6. The van der Waals surface area contributed by atoms with E-state index in [0.29, 0.717) is 11.5 Å². The van der Waals surface area contributed by atoms with Gasteiger partial charge in [0.2, 0.25) is 0 Å². The molecule has 2 atom stereocenters. The number of likely N-dealkylation sites (N-methyl/N-ethyl adjacent to an activating group) is 2. The maximum absolute atomic E-state index is 12.6. The van der Waals surface area contributed by atoms with Gasteiger partial charge in [-0.25, -0.2) is 0 Å².